The number of carbonyl (C=O) groups is 1. The van der Waals surface area contributed by atoms with Crippen LogP contribution in [0.4, 0.5) is 13.2 Å². The molecule has 13 heteroatoms. The molecule has 194 valence electrons. The third kappa shape index (κ3) is 8.34. The van der Waals surface area contributed by atoms with Crippen molar-refractivity contribution in [2.75, 3.05) is 38.8 Å². The van der Waals surface area contributed by atoms with Crippen LogP contribution in [-0.2, 0) is 25.2 Å². The largest absolute Gasteiger partial charge is 0.416 e. The van der Waals surface area contributed by atoms with E-state index in [1.807, 2.05) is 0 Å². The van der Waals surface area contributed by atoms with E-state index < -0.39 is 54.4 Å². The molecule has 0 radical (unpaired) electrons. The Morgan fingerprint density at radius 3 is 2.47 bits per heavy atom. The van der Waals surface area contributed by atoms with Gasteiger partial charge in [-0.05, 0) is 18.2 Å². The van der Waals surface area contributed by atoms with Gasteiger partial charge < -0.3 is 40.0 Å². The molecular weight excluding hydrogens is 483 g/mol. The summed E-state index contributed by atoms with van der Waals surface area (Å²) in [4.78, 5) is 11.9. The maximum absolute atomic E-state index is 12.7. The number of halogens is 3. The van der Waals surface area contributed by atoms with E-state index in [0.29, 0.717) is 10.6 Å². The zero-order chi connectivity index (χ0) is 25.4. The Kier molecular flexibility index (Phi) is 11.0. The Bertz CT molecular complexity index is 787. The van der Waals surface area contributed by atoms with Crippen LogP contribution in [0.15, 0.2) is 29.2 Å². The second kappa shape index (κ2) is 13.0. The summed E-state index contributed by atoms with van der Waals surface area (Å²) in [6.07, 6.45) is -8.89. The first-order valence-corrected chi connectivity index (χ1v) is 11.6. The number of thioether (sulfide) groups is 1. The van der Waals surface area contributed by atoms with E-state index in [9.17, 15) is 38.4 Å². The van der Waals surface area contributed by atoms with Crippen molar-refractivity contribution in [1.82, 2.24) is 5.32 Å². The van der Waals surface area contributed by atoms with Gasteiger partial charge in [-0.1, -0.05) is 6.07 Å². The number of ether oxygens (including phenoxy) is 3. The van der Waals surface area contributed by atoms with E-state index in [-0.39, 0.29) is 32.8 Å². The molecule has 0 unspecified atom stereocenters. The van der Waals surface area contributed by atoms with Crippen LogP contribution < -0.4 is 5.32 Å². The van der Waals surface area contributed by atoms with Gasteiger partial charge in [-0.2, -0.15) is 13.2 Å². The zero-order valence-corrected chi connectivity index (χ0v) is 19.3. The zero-order valence-electron chi connectivity index (χ0n) is 18.5. The van der Waals surface area contributed by atoms with Gasteiger partial charge in [0.25, 0.3) is 0 Å². The summed E-state index contributed by atoms with van der Waals surface area (Å²) in [5, 5.41) is 42.7. The lowest BCUT2D eigenvalue weighted by atomic mass is 9.88. The monoisotopic (exact) mass is 513 g/mol. The van der Waals surface area contributed by atoms with Gasteiger partial charge in [0.1, 0.15) is 24.4 Å². The van der Waals surface area contributed by atoms with Crippen molar-refractivity contribution in [2.45, 2.75) is 54.6 Å². The molecule has 1 fully saturated rings. The highest BCUT2D eigenvalue weighted by Crippen LogP contribution is 2.32. The summed E-state index contributed by atoms with van der Waals surface area (Å²) in [6.45, 7) is 1.10. The molecule has 1 amide bonds. The predicted molar refractivity (Wildman–Crippen MR) is 115 cm³/mol. The number of carbonyl (C=O) groups excluding carboxylic acids is 1. The fourth-order valence-electron chi connectivity index (χ4n) is 3.39. The van der Waals surface area contributed by atoms with Crippen molar-refractivity contribution in [2.24, 2.45) is 0 Å². The average molecular weight is 514 g/mol. The molecule has 0 spiro atoms. The number of aliphatic hydroxyl groups is 4. The molecular formula is C21H30F3NO8S. The lowest BCUT2D eigenvalue weighted by Crippen LogP contribution is -2.70. The normalized spacial score (nSPS) is 27.5. The molecule has 5 atom stereocenters. The van der Waals surface area contributed by atoms with Crippen molar-refractivity contribution in [1.29, 1.82) is 0 Å². The molecule has 0 aromatic heterocycles. The number of hydrogen-bond donors (Lipinski definition) is 5. The first-order valence-electron chi connectivity index (χ1n) is 10.6. The lowest BCUT2D eigenvalue weighted by Gasteiger charge is -2.47. The topological polar surface area (TPSA) is 138 Å². The van der Waals surface area contributed by atoms with E-state index in [0.717, 1.165) is 12.1 Å². The fourth-order valence-corrected chi connectivity index (χ4v) is 4.21. The van der Waals surface area contributed by atoms with Crippen LogP contribution in [-0.4, -0.2) is 95.3 Å². The Morgan fingerprint density at radius 2 is 1.85 bits per heavy atom. The number of benzene rings is 1. The Labute approximate surface area is 199 Å². The highest BCUT2D eigenvalue weighted by Gasteiger charge is 2.53. The summed E-state index contributed by atoms with van der Waals surface area (Å²) in [5.41, 5.74) is -0.705. The van der Waals surface area contributed by atoms with Gasteiger partial charge >= 0.3 is 6.18 Å². The first kappa shape index (κ1) is 28.8. The Hall–Kier alpha value is -1.45. The van der Waals surface area contributed by atoms with Gasteiger partial charge in [0.2, 0.25) is 5.91 Å². The van der Waals surface area contributed by atoms with Gasteiger partial charge in [-0.15, -0.1) is 11.8 Å². The molecule has 1 saturated heterocycles. The summed E-state index contributed by atoms with van der Waals surface area (Å²) < 4.78 is 54.3. The van der Waals surface area contributed by atoms with E-state index in [4.69, 9.17) is 14.2 Å². The van der Waals surface area contributed by atoms with Crippen molar-refractivity contribution in [3.63, 3.8) is 0 Å². The van der Waals surface area contributed by atoms with Crippen molar-refractivity contribution >= 4 is 17.7 Å². The van der Waals surface area contributed by atoms with Gasteiger partial charge in [-0.25, -0.2) is 0 Å². The molecule has 1 aliphatic rings. The number of alkyl halides is 3. The number of hydrogen-bond acceptors (Lipinski definition) is 9. The van der Waals surface area contributed by atoms with Crippen LogP contribution in [0.2, 0.25) is 0 Å². The van der Waals surface area contributed by atoms with Gasteiger partial charge in [-0.3, -0.25) is 4.79 Å². The van der Waals surface area contributed by atoms with Crippen LogP contribution in [0.1, 0.15) is 18.9 Å². The second-order valence-corrected chi connectivity index (χ2v) is 8.86. The number of rotatable bonds is 12. The van der Waals surface area contributed by atoms with E-state index in [2.05, 4.69) is 5.32 Å². The second-order valence-electron chi connectivity index (χ2n) is 7.69. The van der Waals surface area contributed by atoms with Crippen molar-refractivity contribution in [3.8, 4) is 0 Å². The Balaban J connectivity index is 1.69. The molecule has 2 rings (SSSR count). The quantitative estimate of drug-likeness (QED) is 0.200. The minimum atomic E-state index is -4.39. The fraction of sp³-hybridized carbons (Fsp3) is 0.667. The molecule has 1 heterocycles. The van der Waals surface area contributed by atoms with Crippen LogP contribution >= 0.6 is 11.8 Å². The molecule has 9 nitrogen and oxygen atoms in total. The molecule has 34 heavy (non-hydrogen) atoms. The van der Waals surface area contributed by atoms with Crippen molar-refractivity contribution < 1.29 is 52.6 Å². The molecule has 1 aliphatic heterocycles. The van der Waals surface area contributed by atoms with Crippen LogP contribution in [0, 0.1) is 0 Å². The first-order chi connectivity index (χ1) is 16.0. The standard InChI is InChI=1S/C21H30F3NO8S/c1-13(27)25-19-18(29)17(28)16(12-26)33-20(19,30)5-6-31-7-8-32-9-10-34-15-4-2-3-14(11-15)21(22,23)24/h2-4,11,16-19,26,28-30H,5-10,12H2,1H3,(H,25,27)/t16-,17-,18+,19-,20-/m1/s1. The predicted octanol–water partition coefficient (Wildman–Crippen LogP) is 0.527. The maximum atomic E-state index is 12.7. The molecule has 0 saturated carbocycles. The summed E-state index contributed by atoms with van der Waals surface area (Å²) in [6, 6.07) is 3.69. The third-order valence-corrected chi connectivity index (χ3v) is 6.04. The molecule has 0 aliphatic carbocycles. The maximum Gasteiger partial charge on any atom is 0.416 e. The third-order valence-electron chi connectivity index (χ3n) is 5.09. The van der Waals surface area contributed by atoms with Crippen molar-refractivity contribution in [3.05, 3.63) is 29.8 Å². The van der Waals surface area contributed by atoms with Gasteiger partial charge in [0.15, 0.2) is 5.79 Å². The molecule has 5 N–H and O–H groups in total. The number of amides is 1. The minimum absolute atomic E-state index is 0.0457. The molecule has 1 aromatic carbocycles. The van der Waals surface area contributed by atoms with E-state index >= 15 is 0 Å². The Morgan fingerprint density at radius 1 is 1.18 bits per heavy atom. The number of aliphatic hydroxyl groups excluding tert-OH is 3. The van der Waals surface area contributed by atoms with Crippen LogP contribution in [0.25, 0.3) is 0 Å². The molecule has 1 aromatic rings. The van der Waals surface area contributed by atoms with Gasteiger partial charge in [0, 0.05) is 24.0 Å². The van der Waals surface area contributed by atoms with Crippen LogP contribution in [0.3, 0.4) is 0 Å². The van der Waals surface area contributed by atoms with Crippen LogP contribution in [0.5, 0.6) is 0 Å². The highest BCUT2D eigenvalue weighted by atomic mass is 32.2. The smallest absolute Gasteiger partial charge is 0.394 e. The van der Waals surface area contributed by atoms with E-state index in [1.165, 1.54) is 24.8 Å². The average Bonchev–Trinajstić information content (AvgIpc) is 2.77. The summed E-state index contributed by atoms with van der Waals surface area (Å²) in [5.74, 6) is -2.20. The molecule has 0 bridgehead atoms. The van der Waals surface area contributed by atoms with E-state index in [1.54, 1.807) is 6.07 Å². The SMILES string of the molecule is CC(=O)N[C@@H]1[C@@H](O)[C@H](O)[C@@H](CO)O[C@]1(O)CCOCCOCCSc1cccc(C(F)(F)F)c1. The summed E-state index contributed by atoms with van der Waals surface area (Å²) >= 11 is 1.23. The minimum Gasteiger partial charge on any atom is -0.394 e. The summed E-state index contributed by atoms with van der Waals surface area (Å²) in [7, 11) is 0. The number of nitrogens with one attached hydrogen (secondary N) is 1. The lowest BCUT2D eigenvalue weighted by molar-refractivity contribution is -0.323. The highest BCUT2D eigenvalue weighted by molar-refractivity contribution is 7.99. The van der Waals surface area contributed by atoms with Gasteiger partial charge in [0.05, 0.1) is 38.6 Å².